The first-order valence-corrected chi connectivity index (χ1v) is 16.5. The van der Waals surface area contributed by atoms with E-state index in [1.54, 1.807) is 12.1 Å². The van der Waals surface area contributed by atoms with Gasteiger partial charge in [-0.25, -0.2) is 4.79 Å². The molecule has 1 aliphatic heterocycles. The van der Waals surface area contributed by atoms with Crippen LogP contribution in [0.5, 0.6) is 0 Å². The number of esters is 2. The minimum atomic E-state index is -0.629. The zero-order valence-corrected chi connectivity index (χ0v) is 28.2. The Morgan fingerprint density at radius 3 is 2.20 bits per heavy atom. The molecule has 0 aromatic heterocycles. The first-order chi connectivity index (χ1) is 22.0. The summed E-state index contributed by atoms with van der Waals surface area (Å²) in [7, 11) is 1.39. The number of unbranched alkanes of at least 4 members (excludes halogenated alkanes) is 3. The van der Waals surface area contributed by atoms with Gasteiger partial charge in [-0.15, -0.1) is 0 Å². The number of hydrogen-bond acceptors (Lipinski definition) is 7. The van der Waals surface area contributed by atoms with Gasteiger partial charge >= 0.3 is 11.9 Å². The van der Waals surface area contributed by atoms with Crippen LogP contribution in [0, 0.1) is 0 Å². The second-order valence-electron chi connectivity index (χ2n) is 12.7. The van der Waals surface area contributed by atoms with Crippen molar-refractivity contribution in [2.45, 2.75) is 71.4 Å². The Hall–Kier alpha value is -3.88. The summed E-state index contributed by atoms with van der Waals surface area (Å²) in [6, 6.07) is 21.8. The van der Waals surface area contributed by atoms with Crippen molar-refractivity contribution in [1.82, 2.24) is 4.90 Å². The van der Waals surface area contributed by atoms with Crippen molar-refractivity contribution in [3.05, 3.63) is 82.9 Å². The highest BCUT2D eigenvalue weighted by atomic mass is 35.5. The van der Waals surface area contributed by atoms with Gasteiger partial charge in [0.15, 0.2) is 0 Å². The normalized spacial score (nSPS) is 13.7. The summed E-state index contributed by atoms with van der Waals surface area (Å²) < 4.78 is 10.3. The number of halogens is 1. The molecule has 0 saturated carbocycles. The lowest BCUT2D eigenvalue weighted by molar-refractivity contribution is -0.140. The van der Waals surface area contributed by atoms with Crippen LogP contribution in [0.1, 0.15) is 75.2 Å². The predicted octanol–water partition coefficient (Wildman–Crippen LogP) is 7.74. The minimum absolute atomic E-state index is 0.104. The van der Waals surface area contributed by atoms with Crippen molar-refractivity contribution in [3.63, 3.8) is 0 Å². The quantitative estimate of drug-likeness (QED) is 0.150. The summed E-state index contributed by atoms with van der Waals surface area (Å²) in [5, 5.41) is 3.80. The molecular formula is C37H46ClN3O5. The van der Waals surface area contributed by atoms with Crippen molar-refractivity contribution in [3.8, 4) is 11.1 Å². The van der Waals surface area contributed by atoms with E-state index in [0.717, 1.165) is 68.3 Å². The number of carbonyl (C=O) groups is 3. The predicted molar refractivity (Wildman–Crippen MR) is 184 cm³/mol. The molecule has 3 aromatic rings. The summed E-state index contributed by atoms with van der Waals surface area (Å²) in [5.74, 6) is -0.740. The fraction of sp³-hybridized carbons (Fsp3) is 0.432. The van der Waals surface area contributed by atoms with Crippen LogP contribution < -0.4 is 10.2 Å². The van der Waals surface area contributed by atoms with E-state index in [9.17, 15) is 14.4 Å². The van der Waals surface area contributed by atoms with E-state index in [2.05, 4.69) is 56.3 Å². The van der Waals surface area contributed by atoms with E-state index in [1.807, 2.05) is 39.0 Å². The highest BCUT2D eigenvalue weighted by Crippen LogP contribution is 2.31. The number of hydrogen-bond donors (Lipinski definition) is 1. The Bertz CT molecular complexity index is 1480. The number of anilines is 2. The van der Waals surface area contributed by atoms with Crippen LogP contribution in [-0.2, 0) is 25.6 Å². The molecule has 0 aliphatic carbocycles. The summed E-state index contributed by atoms with van der Waals surface area (Å²) in [6.45, 7) is 9.58. The molecule has 1 amide bonds. The molecule has 0 atom stereocenters. The van der Waals surface area contributed by atoms with Gasteiger partial charge in [-0.3, -0.25) is 14.5 Å². The van der Waals surface area contributed by atoms with Crippen LogP contribution in [0.3, 0.4) is 0 Å². The highest BCUT2D eigenvalue weighted by molar-refractivity contribution is 6.30. The minimum Gasteiger partial charge on any atom is -0.469 e. The van der Waals surface area contributed by atoms with E-state index >= 15 is 0 Å². The van der Waals surface area contributed by atoms with Gasteiger partial charge in [0.2, 0.25) is 5.91 Å². The van der Waals surface area contributed by atoms with E-state index in [4.69, 9.17) is 16.3 Å². The number of carbonyl (C=O) groups excluding carboxylic acids is 3. The van der Waals surface area contributed by atoms with Gasteiger partial charge < -0.3 is 19.7 Å². The van der Waals surface area contributed by atoms with E-state index in [-0.39, 0.29) is 11.9 Å². The van der Waals surface area contributed by atoms with Gasteiger partial charge in [0.1, 0.15) is 5.60 Å². The Morgan fingerprint density at radius 1 is 0.848 bits per heavy atom. The maximum atomic E-state index is 13.0. The van der Waals surface area contributed by atoms with Crippen LogP contribution >= 0.6 is 11.6 Å². The molecule has 3 aromatic carbocycles. The van der Waals surface area contributed by atoms with Crippen LogP contribution in [-0.4, -0.2) is 61.6 Å². The summed E-state index contributed by atoms with van der Waals surface area (Å²) >= 11 is 6.13. The summed E-state index contributed by atoms with van der Waals surface area (Å²) in [4.78, 5) is 42.0. The van der Waals surface area contributed by atoms with Crippen molar-refractivity contribution < 1.29 is 23.9 Å². The molecule has 1 aliphatic rings. The molecule has 8 nitrogen and oxygen atoms in total. The third-order valence-corrected chi connectivity index (χ3v) is 8.20. The molecule has 1 fully saturated rings. The van der Waals surface area contributed by atoms with Crippen molar-refractivity contribution >= 4 is 40.8 Å². The molecule has 4 rings (SSSR count). The van der Waals surface area contributed by atoms with Gasteiger partial charge in [0, 0.05) is 50.6 Å². The van der Waals surface area contributed by atoms with Gasteiger partial charge in [-0.05, 0) is 80.6 Å². The molecule has 0 unspecified atom stereocenters. The number of benzene rings is 3. The summed E-state index contributed by atoms with van der Waals surface area (Å²) in [5.41, 5.74) is 4.88. The van der Waals surface area contributed by atoms with Crippen molar-refractivity contribution in [2.24, 2.45) is 0 Å². The van der Waals surface area contributed by atoms with Crippen molar-refractivity contribution in [2.75, 3.05) is 43.5 Å². The molecule has 1 heterocycles. The molecule has 9 heteroatoms. The van der Waals surface area contributed by atoms with Gasteiger partial charge in [-0.2, -0.15) is 0 Å². The molecule has 1 saturated heterocycles. The Kier molecular flexibility index (Phi) is 12.6. The third kappa shape index (κ3) is 10.6. The number of rotatable bonds is 13. The largest absolute Gasteiger partial charge is 0.469 e. The van der Waals surface area contributed by atoms with Crippen molar-refractivity contribution in [1.29, 1.82) is 0 Å². The standard InChI is InChI=1S/C37H46ClN3O5/c1-37(2,3)46-36(44)28-17-20-33(32(25-28)39-34(42)13-7-5-6-8-14-35(43)45-4)41-23-21-40(22-24-41)26-29-11-9-10-12-31(29)27-15-18-30(38)19-16-27/h9-12,15-20,25H,5-8,13-14,21-24,26H2,1-4H3,(H,39,42). The maximum absolute atomic E-state index is 13.0. The van der Waals surface area contributed by atoms with E-state index < -0.39 is 11.6 Å². The summed E-state index contributed by atoms with van der Waals surface area (Å²) in [6.07, 6.45) is 3.91. The molecule has 246 valence electrons. The molecule has 0 radical (unpaired) electrons. The van der Waals surface area contributed by atoms with Gasteiger partial charge in [0.25, 0.3) is 0 Å². The number of ether oxygens (including phenoxy) is 2. The number of nitrogens with zero attached hydrogens (tertiary/aromatic N) is 2. The zero-order valence-electron chi connectivity index (χ0n) is 27.4. The lowest BCUT2D eigenvalue weighted by Crippen LogP contribution is -2.46. The molecule has 0 spiro atoms. The fourth-order valence-corrected chi connectivity index (χ4v) is 5.68. The third-order valence-electron chi connectivity index (χ3n) is 7.95. The van der Waals surface area contributed by atoms with Gasteiger partial charge in [0.05, 0.1) is 24.0 Å². The zero-order chi connectivity index (χ0) is 33.1. The highest BCUT2D eigenvalue weighted by Gasteiger charge is 2.24. The Labute approximate surface area is 278 Å². The van der Waals surface area contributed by atoms with Crippen LogP contribution in [0.2, 0.25) is 5.02 Å². The number of piperazine rings is 1. The number of methoxy groups -OCH3 is 1. The molecule has 1 N–H and O–H groups in total. The second-order valence-corrected chi connectivity index (χ2v) is 13.1. The number of amides is 1. The van der Waals surface area contributed by atoms with Gasteiger partial charge in [-0.1, -0.05) is 60.8 Å². The molecular weight excluding hydrogens is 602 g/mol. The average Bonchev–Trinajstić information content (AvgIpc) is 3.03. The Morgan fingerprint density at radius 2 is 1.52 bits per heavy atom. The molecule has 0 bridgehead atoms. The van der Waals surface area contributed by atoms with Crippen LogP contribution in [0.25, 0.3) is 11.1 Å². The lowest BCUT2D eigenvalue weighted by Gasteiger charge is -2.37. The van der Waals surface area contributed by atoms with E-state index in [0.29, 0.717) is 30.5 Å². The SMILES string of the molecule is COC(=O)CCCCCCC(=O)Nc1cc(C(=O)OC(C)(C)C)ccc1N1CCN(Cc2ccccc2-c2ccc(Cl)cc2)CC1. The monoisotopic (exact) mass is 647 g/mol. The first-order valence-electron chi connectivity index (χ1n) is 16.1. The lowest BCUT2D eigenvalue weighted by atomic mass is 9.99. The Balaban J connectivity index is 1.41. The fourth-order valence-electron chi connectivity index (χ4n) is 5.56. The van der Waals surface area contributed by atoms with Crippen LogP contribution in [0.15, 0.2) is 66.7 Å². The maximum Gasteiger partial charge on any atom is 0.338 e. The first kappa shape index (κ1) is 35.0. The second kappa shape index (κ2) is 16.6. The topological polar surface area (TPSA) is 88.2 Å². The average molecular weight is 648 g/mol. The van der Waals surface area contributed by atoms with Crippen LogP contribution in [0.4, 0.5) is 11.4 Å². The molecule has 46 heavy (non-hydrogen) atoms. The number of nitrogens with one attached hydrogen (secondary N) is 1. The smallest absolute Gasteiger partial charge is 0.338 e. The van der Waals surface area contributed by atoms with E-state index in [1.165, 1.54) is 18.2 Å².